The standard InChI is InChI=1S/C31H31NO5S/c1-19-27(31(34)37-15-14-20-9-5-4-6-10-20)28(22-11-7-12-25(35-2)30(22)36-3)29-23(32-19)17-21(18-24(29)33)26-13-8-16-38-26/h4-13,16,21,28,32H,14-15,17-18H2,1-3H3. The predicted octanol–water partition coefficient (Wildman–Crippen LogP) is 5.91. The number of rotatable bonds is 8. The SMILES string of the molecule is COc1cccc(C2C(C(=O)OCCc3ccccc3)=C(C)NC3=C2C(=O)CC(c2cccs2)C3)c1OC. The third-order valence-corrected chi connectivity index (χ3v) is 8.24. The number of ketones is 1. The molecule has 7 heteroatoms. The fourth-order valence-corrected chi connectivity index (χ4v) is 6.30. The monoisotopic (exact) mass is 529 g/mol. The van der Waals surface area contributed by atoms with Crippen molar-refractivity contribution < 1.29 is 23.8 Å². The number of carbonyl (C=O) groups excluding carboxylic acids is 2. The van der Waals surface area contributed by atoms with Gasteiger partial charge in [0, 0.05) is 46.2 Å². The Morgan fingerprint density at radius 3 is 2.53 bits per heavy atom. The molecule has 0 amide bonds. The van der Waals surface area contributed by atoms with Crippen molar-refractivity contribution in [2.75, 3.05) is 20.8 Å². The van der Waals surface area contributed by atoms with E-state index in [1.807, 2.05) is 66.9 Å². The van der Waals surface area contributed by atoms with Crippen molar-refractivity contribution in [2.45, 2.75) is 38.0 Å². The van der Waals surface area contributed by atoms with Crippen LogP contribution in [-0.2, 0) is 20.7 Å². The quantitative estimate of drug-likeness (QED) is 0.366. The maximum absolute atomic E-state index is 13.8. The van der Waals surface area contributed by atoms with Crippen LogP contribution in [0.15, 0.2) is 88.6 Å². The van der Waals surface area contributed by atoms with Gasteiger partial charge in [-0.3, -0.25) is 4.79 Å². The van der Waals surface area contributed by atoms with Gasteiger partial charge in [0.05, 0.1) is 32.3 Å². The molecular formula is C31H31NO5S. The Labute approximate surface area is 226 Å². The zero-order valence-electron chi connectivity index (χ0n) is 21.8. The van der Waals surface area contributed by atoms with Crippen LogP contribution in [0.4, 0.5) is 0 Å². The first-order valence-electron chi connectivity index (χ1n) is 12.7. The lowest BCUT2D eigenvalue weighted by molar-refractivity contribution is -0.139. The van der Waals surface area contributed by atoms with Crippen LogP contribution in [0.5, 0.6) is 11.5 Å². The van der Waals surface area contributed by atoms with Gasteiger partial charge in [0.25, 0.3) is 0 Å². The number of carbonyl (C=O) groups is 2. The molecule has 0 fully saturated rings. The second-order valence-electron chi connectivity index (χ2n) is 9.49. The first-order chi connectivity index (χ1) is 18.5. The highest BCUT2D eigenvalue weighted by atomic mass is 32.1. The molecule has 2 unspecified atom stereocenters. The van der Waals surface area contributed by atoms with Crippen LogP contribution in [0.1, 0.15) is 47.6 Å². The summed E-state index contributed by atoms with van der Waals surface area (Å²) in [5, 5.41) is 5.45. The maximum atomic E-state index is 13.8. The van der Waals surface area contributed by atoms with Gasteiger partial charge in [-0.25, -0.2) is 4.79 Å². The molecule has 2 atom stereocenters. The van der Waals surface area contributed by atoms with Crippen LogP contribution in [0, 0.1) is 0 Å². The molecule has 2 heterocycles. The van der Waals surface area contributed by atoms with Gasteiger partial charge in [0.15, 0.2) is 17.3 Å². The fraction of sp³-hybridized carbons (Fsp3) is 0.290. The van der Waals surface area contributed by atoms with Crippen LogP contribution in [-0.4, -0.2) is 32.6 Å². The van der Waals surface area contributed by atoms with Gasteiger partial charge in [-0.1, -0.05) is 48.5 Å². The van der Waals surface area contributed by atoms with Crippen molar-refractivity contribution in [3.63, 3.8) is 0 Å². The number of Topliss-reactive ketones (excluding diaryl/α,β-unsaturated/α-hetero) is 1. The summed E-state index contributed by atoms with van der Waals surface area (Å²) >= 11 is 1.67. The molecule has 0 bridgehead atoms. The number of hydrogen-bond acceptors (Lipinski definition) is 7. The third-order valence-electron chi connectivity index (χ3n) is 7.20. The number of esters is 1. The Morgan fingerprint density at radius 1 is 1.00 bits per heavy atom. The number of para-hydroxylation sites is 1. The number of dihydropyridines is 1. The third kappa shape index (κ3) is 4.98. The highest BCUT2D eigenvalue weighted by Gasteiger charge is 2.43. The molecule has 3 aromatic rings. The molecule has 1 aliphatic heterocycles. The minimum atomic E-state index is -0.627. The van der Waals surface area contributed by atoms with E-state index in [4.69, 9.17) is 14.2 Å². The van der Waals surface area contributed by atoms with Gasteiger partial charge >= 0.3 is 5.97 Å². The van der Waals surface area contributed by atoms with Crippen molar-refractivity contribution >= 4 is 23.1 Å². The molecule has 2 aromatic carbocycles. The lowest BCUT2D eigenvalue weighted by atomic mass is 9.72. The second kappa shape index (κ2) is 11.3. The molecule has 1 aliphatic carbocycles. The van der Waals surface area contributed by atoms with E-state index < -0.39 is 11.9 Å². The Balaban J connectivity index is 1.53. The summed E-state index contributed by atoms with van der Waals surface area (Å²) in [6.45, 7) is 2.11. The maximum Gasteiger partial charge on any atom is 0.336 e. The smallest absolute Gasteiger partial charge is 0.336 e. The molecule has 0 radical (unpaired) electrons. The van der Waals surface area contributed by atoms with Gasteiger partial charge < -0.3 is 19.5 Å². The summed E-state index contributed by atoms with van der Waals surface area (Å²) in [6, 6.07) is 19.6. The number of thiophene rings is 1. The number of hydrogen-bond donors (Lipinski definition) is 1. The Bertz CT molecular complexity index is 1390. The molecule has 0 spiro atoms. The molecule has 2 aliphatic rings. The van der Waals surface area contributed by atoms with Crippen molar-refractivity contribution in [2.24, 2.45) is 0 Å². The van der Waals surface area contributed by atoms with Crippen LogP contribution < -0.4 is 14.8 Å². The van der Waals surface area contributed by atoms with Crippen molar-refractivity contribution in [3.05, 3.63) is 105 Å². The molecular weight excluding hydrogens is 498 g/mol. The molecule has 1 aromatic heterocycles. The number of nitrogens with one attached hydrogen (secondary N) is 1. The minimum absolute atomic E-state index is 0.0223. The summed E-state index contributed by atoms with van der Waals surface area (Å²) in [5.74, 6) is 0.102. The topological polar surface area (TPSA) is 73.9 Å². The number of methoxy groups -OCH3 is 2. The zero-order chi connectivity index (χ0) is 26.6. The predicted molar refractivity (Wildman–Crippen MR) is 148 cm³/mol. The van der Waals surface area contributed by atoms with Crippen LogP contribution in [0.25, 0.3) is 0 Å². The molecule has 196 valence electrons. The van der Waals surface area contributed by atoms with E-state index in [9.17, 15) is 9.59 Å². The molecule has 1 N–H and O–H groups in total. The summed E-state index contributed by atoms with van der Waals surface area (Å²) in [7, 11) is 3.15. The van der Waals surface area contributed by atoms with Gasteiger partial charge in [-0.05, 0) is 36.4 Å². The molecule has 5 rings (SSSR count). The number of ether oxygens (including phenoxy) is 3. The van der Waals surface area contributed by atoms with E-state index in [1.165, 1.54) is 4.88 Å². The van der Waals surface area contributed by atoms with Crippen LogP contribution >= 0.6 is 11.3 Å². The molecule has 38 heavy (non-hydrogen) atoms. The van der Waals surface area contributed by atoms with Gasteiger partial charge in [-0.2, -0.15) is 0 Å². The molecule has 0 saturated carbocycles. The first-order valence-corrected chi connectivity index (χ1v) is 13.6. The van der Waals surface area contributed by atoms with E-state index in [0.29, 0.717) is 53.2 Å². The van der Waals surface area contributed by atoms with E-state index in [2.05, 4.69) is 11.4 Å². The first kappa shape index (κ1) is 25.8. The van der Waals surface area contributed by atoms with Gasteiger partial charge in [0.1, 0.15) is 0 Å². The summed E-state index contributed by atoms with van der Waals surface area (Å²) < 4.78 is 17.1. The average molecular weight is 530 g/mol. The van der Waals surface area contributed by atoms with Crippen molar-refractivity contribution in [3.8, 4) is 11.5 Å². The Hall–Kier alpha value is -3.84. The van der Waals surface area contributed by atoms with Crippen LogP contribution in [0.2, 0.25) is 0 Å². The second-order valence-corrected chi connectivity index (χ2v) is 10.5. The molecule has 0 saturated heterocycles. The summed E-state index contributed by atoms with van der Waals surface area (Å²) in [4.78, 5) is 28.6. The van der Waals surface area contributed by atoms with E-state index in [0.717, 1.165) is 11.3 Å². The largest absolute Gasteiger partial charge is 0.493 e. The average Bonchev–Trinajstić information content (AvgIpc) is 3.47. The summed E-state index contributed by atoms with van der Waals surface area (Å²) in [5.41, 5.74) is 4.36. The van der Waals surface area contributed by atoms with E-state index in [1.54, 1.807) is 25.6 Å². The lowest BCUT2D eigenvalue weighted by Gasteiger charge is -2.37. The van der Waals surface area contributed by atoms with Gasteiger partial charge in [-0.15, -0.1) is 11.3 Å². The fourth-order valence-electron chi connectivity index (χ4n) is 5.47. The lowest BCUT2D eigenvalue weighted by Crippen LogP contribution is -2.36. The Kier molecular flexibility index (Phi) is 7.65. The van der Waals surface area contributed by atoms with Crippen molar-refractivity contribution in [1.82, 2.24) is 5.32 Å². The zero-order valence-corrected chi connectivity index (χ0v) is 22.6. The highest BCUT2D eigenvalue weighted by Crippen LogP contribution is 2.49. The highest BCUT2D eigenvalue weighted by molar-refractivity contribution is 7.10. The number of allylic oxidation sites excluding steroid dienone is 3. The minimum Gasteiger partial charge on any atom is -0.493 e. The van der Waals surface area contributed by atoms with E-state index >= 15 is 0 Å². The normalized spacial score (nSPS) is 19.1. The van der Waals surface area contributed by atoms with Crippen molar-refractivity contribution in [1.29, 1.82) is 0 Å². The van der Waals surface area contributed by atoms with E-state index in [-0.39, 0.29) is 18.3 Å². The van der Waals surface area contributed by atoms with Gasteiger partial charge in [0.2, 0.25) is 0 Å². The number of benzene rings is 2. The Morgan fingerprint density at radius 2 is 1.82 bits per heavy atom. The summed E-state index contributed by atoms with van der Waals surface area (Å²) in [6.07, 6.45) is 1.69. The van der Waals surface area contributed by atoms with Crippen LogP contribution in [0.3, 0.4) is 0 Å². The molecule has 6 nitrogen and oxygen atoms in total.